The van der Waals surface area contributed by atoms with Crippen LogP contribution in [-0.2, 0) is 25.7 Å². The molecule has 3 heteroatoms. The Balaban J connectivity index is 1.57. The van der Waals surface area contributed by atoms with Crippen LogP contribution in [0.25, 0.3) is 11.1 Å². The van der Waals surface area contributed by atoms with E-state index in [1.165, 1.54) is 23.3 Å². The van der Waals surface area contributed by atoms with Crippen molar-refractivity contribution < 1.29 is 13.2 Å². The molecule has 0 atom stereocenters. The zero-order valence-corrected chi connectivity index (χ0v) is 19.1. The molecule has 0 saturated heterocycles. The third-order valence-electron chi connectivity index (χ3n) is 5.97. The average molecular weight is 449 g/mol. The summed E-state index contributed by atoms with van der Waals surface area (Å²) in [4.78, 5) is 0. The number of unbranched alkanes of at least 4 members (excludes halogenated alkanes) is 1. The lowest BCUT2D eigenvalue weighted by Gasteiger charge is -2.10. The summed E-state index contributed by atoms with van der Waals surface area (Å²) >= 11 is 0. The van der Waals surface area contributed by atoms with Crippen molar-refractivity contribution in [2.45, 2.75) is 51.4 Å². The fourth-order valence-electron chi connectivity index (χ4n) is 3.97. The van der Waals surface area contributed by atoms with Gasteiger partial charge in [0.15, 0.2) is 11.6 Å². The van der Waals surface area contributed by atoms with Crippen LogP contribution in [0.5, 0.6) is 0 Å². The van der Waals surface area contributed by atoms with E-state index in [4.69, 9.17) is 0 Å². The fourth-order valence-corrected chi connectivity index (χ4v) is 3.97. The van der Waals surface area contributed by atoms with Gasteiger partial charge in [0.2, 0.25) is 0 Å². The number of halogens is 3. The molecule has 0 N–H and O–H groups in total. The second kappa shape index (κ2) is 12.2. The summed E-state index contributed by atoms with van der Waals surface area (Å²) in [6.45, 7) is 7.36. The van der Waals surface area contributed by atoms with Crippen LogP contribution in [0.3, 0.4) is 0 Å². The molecule has 0 saturated carbocycles. The van der Waals surface area contributed by atoms with Crippen molar-refractivity contribution in [2.24, 2.45) is 0 Å². The molecule has 172 valence electrons. The molecule has 0 aliphatic rings. The maximum Gasteiger partial charge on any atom is 0.166 e. The maximum atomic E-state index is 14.7. The van der Waals surface area contributed by atoms with Gasteiger partial charge in [-0.1, -0.05) is 60.7 Å². The standard InChI is InChI=1S/C30H31F3/c1-3-5-9-22-13-15-23(16-14-22)10-7-8-12-24-17-18-26(21-28(24)31)27-20-19-25(11-6-4-2)29(32)30(27)33/h3-4,13-21H,1-2,5-12H2. The Morgan fingerprint density at radius 3 is 1.88 bits per heavy atom. The van der Waals surface area contributed by atoms with Gasteiger partial charge in [0.25, 0.3) is 0 Å². The third-order valence-corrected chi connectivity index (χ3v) is 5.97. The molecule has 0 nitrogen and oxygen atoms in total. The minimum Gasteiger partial charge on any atom is -0.207 e. The molecule has 0 bridgehead atoms. The zero-order chi connectivity index (χ0) is 23.6. The van der Waals surface area contributed by atoms with Crippen molar-refractivity contribution >= 4 is 0 Å². The first kappa shape index (κ1) is 24.6. The largest absolute Gasteiger partial charge is 0.207 e. The molecule has 3 aromatic carbocycles. The molecule has 0 aliphatic carbocycles. The van der Waals surface area contributed by atoms with Gasteiger partial charge < -0.3 is 0 Å². The molecule has 33 heavy (non-hydrogen) atoms. The van der Waals surface area contributed by atoms with Gasteiger partial charge in [-0.05, 0) is 85.3 Å². The van der Waals surface area contributed by atoms with E-state index >= 15 is 0 Å². The Kier molecular flexibility index (Phi) is 9.12. The number of rotatable bonds is 12. The van der Waals surface area contributed by atoms with E-state index in [1.807, 2.05) is 6.08 Å². The summed E-state index contributed by atoms with van der Waals surface area (Å²) in [6.07, 6.45) is 9.91. The topological polar surface area (TPSA) is 0 Å². The summed E-state index contributed by atoms with van der Waals surface area (Å²) in [7, 11) is 0. The van der Waals surface area contributed by atoms with Gasteiger partial charge in [0.1, 0.15) is 5.82 Å². The molecule has 3 rings (SSSR count). The van der Waals surface area contributed by atoms with Crippen LogP contribution in [-0.4, -0.2) is 0 Å². The minimum atomic E-state index is -0.931. The molecule has 0 radical (unpaired) electrons. The highest BCUT2D eigenvalue weighted by atomic mass is 19.2. The van der Waals surface area contributed by atoms with Crippen molar-refractivity contribution in [3.8, 4) is 11.1 Å². The molecule has 0 amide bonds. The monoisotopic (exact) mass is 448 g/mol. The second-order valence-corrected chi connectivity index (χ2v) is 8.38. The van der Waals surface area contributed by atoms with Crippen molar-refractivity contribution in [2.75, 3.05) is 0 Å². The molecule has 0 aromatic heterocycles. The van der Waals surface area contributed by atoms with Crippen LogP contribution in [0.4, 0.5) is 13.2 Å². The van der Waals surface area contributed by atoms with E-state index in [9.17, 15) is 13.2 Å². The first-order valence-corrected chi connectivity index (χ1v) is 11.6. The predicted molar refractivity (Wildman–Crippen MR) is 132 cm³/mol. The number of allylic oxidation sites excluding steroid dienone is 2. The predicted octanol–water partition coefficient (Wildman–Crippen LogP) is 8.57. The Labute approximate surface area is 195 Å². The van der Waals surface area contributed by atoms with Gasteiger partial charge in [-0.15, -0.1) is 13.2 Å². The average Bonchev–Trinajstić information content (AvgIpc) is 2.83. The van der Waals surface area contributed by atoms with Crippen LogP contribution >= 0.6 is 0 Å². The summed E-state index contributed by atoms with van der Waals surface area (Å²) in [5.74, 6) is -2.18. The number of hydrogen-bond donors (Lipinski definition) is 0. The summed E-state index contributed by atoms with van der Waals surface area (Å²) in [5.41, 5.74) is 3.92. The van der Waals surface area contributed by atoms with Crippen LogP contribution in [0.1, 0.15) is 47.9 Å². The maximum absolute atomic E-state index is 14.7. The van der Waals surface area contributed by atoms with Crippen LogP contribution in [0, 0.1) is 17.5 Å². The van der Waals surface area contributed by atoms with Crippen LogP contribution in [0.2, 0.25) is 0 Å². The highest BCUT2D eigenvalue weighted by Gasteiger charge is 2.15. The van der Waals surface area contributed by atoms with E-state index < -0.39 is 11.6 Å². The number of benzene rings is 3. The van der Waals surface area contributed by atoms with Crippen molar-refractivity contribution in [3.63, 3.8) is 0 Å². The SMILES string of the molecule is C=CCCc1ccc(CCCCc2ccc(-c3ccc(CCC=C)c(F)c3F)cc2F)cc1. The zero-order valence-electron chi connectivity index (χ0n) is 19.1. The van der Waals surface area contributed by atoms with E-state index in [2.05, 4.69) is 37.4 Å². The van der Waals surface area contributed by atoms with Crippen molar-refractivity contribution in [1.82, 2.24) is 0 Å². The van der Waals surface area contributed by atoms with E-state index in [1.54, 1.807) is 24.3 Å². The molecule has 0 fully saturated rings. The fraction of sp³-hybridized carbons (Fsp3) is 0.267. The Bertz CT molecular complexity index is 1080. The molecule has 0 unspecified atom stereocenters. The second-order valence-electron chi connectivity index (χ2n) is 8.38. The highest BCUT2D eigenvalue weighted by Crippen LogP contribution is 2.29. The lowest BCUT2D eigenvalue weighted by Crippen LogP contribution is -1.98. The highest BCUT2D eigenvalue weighted by molar-refractivity contribution is 5.65. The van der Waals surface area contributed by atoms with Gasteiger partial charge in [-0.25, -0.2) is 13.2 Å². The Hall–Kier alpha value is -3.07. The number of aryl methyl sites for hydroxylation is 4. The molecule has 0 spiro atoms. The van der Waals surface area contributed by atoms with Gasteiger partial charge in [0, 0.05) is 5.56 Å². The van der Waals surface area contributed by atoms with Gasteiger partial charge in [0.05, 0.1) is 0 Å². The van der Waals surface area contributed by atoms with Gasteiger partial charge in [-0.2, -0.15) is 0 Å². The first-order chi connectivity index (χ1) is 16.0. The molecular formula is C30H31F3. The molecular weight excluding hydrogens is 417 g/mol. The Morgan fingerprint density at radius 2 is 1.21 bits per heavy atom. The summed E-state index contributed by atoms with van der Waals surface area (Å²) in [5, 5.41) is 0. The normalized spacial score (nSPS) is 10.9. The first-order valence-electron chi connectivity index (χ1n) is 11.6. The quantitative estimate of drug-likeness (QED) is 0.192. The minimum absolute atomic E-state index is 0.0804. The van der Waals surface area contributed by atoms with Gasteiger partial charge in [-0.3, -0.25) is 0 Å². The van der Waals surface area contributed by atoms with Crippen molar-refractivity contribution in [1.29, 1.82) is 0 Å². The summed E-state index contributed by atoms with van der Waals surface area (Å²) < 4.78 is 43.6. The summed E-state index contributed by atoms with van der Waals surface area (Å²) in [6, 6.07) is 16.4. The number of hydrogen-bond acceptors (Lipinski definition) is 0. The van der Waals surface area contributed by atoms with Crippen molar-refractivity contribution in [3.05, 3.63) is 120 Å². The molecule has 3 aromatic rings. The van der Waals surface area contributed by atoms with Crippen LogP contribution in [0.15, 0.2) is 79.9 Å². The lowest BCUT2D eigenvalue weighted by atomic mass is 9.97. The van der Waals surface area contributed by atoms with E-state index in [0.29, 0.717) is 36.0 Å². The molecule has 0 aliphatic heterocycles. The van der Waals surface area contributed by atoms with E-state index in [-0.39, 0.29) is 11.4 Å². The Morgan fingerprint density at radius 1 is 0.606 bits per heavy atom. The van der Waals surface area contributed by atoms with Gasteiger partial charge >= 0.3 is 0 Å². The third kappa shape index (κ3) is 6.71. The smallest absolute Gasteiger partial charge is 0.166 e. The molecule has 0 heterocycles. The van der Waals surface area contributed by atoms with Crippen LogP contribution < -0.4 is 0 Å². The van der Waals surface area contributed by atoms with E-state index in [0.717, 1.165) is 32.1 Å². The lowest BCUT2D eigenvalue weighted by molar-refractivity contribution is 0.501.